The molecule has 1 unspecified atom stereocenters. The number of nitrogens with zero attached hydrogens (tertiary/aromatic N) is 4. The van der Waals surface area contributed by atoms with Crippen molar-refractivity contribution < 1.29 is 4.79 Å². The van der Waals surface area contributed by atoms with Crippen LogP contribution in [-0.2, 0) is 4.79 Å². The van der Waals surface area contributed by atoms with E-state index >= 15 is 0 Å². The third kappa shape index (κ3) is 7.61. The molecule has 7 nitrogen and oxygen atoms in total. The van der Waals surface area contributed by atoms with Crippen LogP contribution >= 0.6 is 0 Å². The van der Waals surface area contributed by atoms with Gasteiger partial charge in [-0.3, -0.25) is 19.6 Å². The molecule has 7 heteroatoms. The largest absolute Gasteiger partial charge is 0.357 e. The topological polar surface area (TPSA) is 63.2 Å². The standard InChI is InChI=1S/C23H40N6O/c1-5-24-23(25-13-14-27-15-17-29(18-16-27)20(4)30)26-19-22(28(6-2)7-3)21-11-9-8-10-12-21/h8-12,22H,5-7,13-19H2,1-4H3,(H2,24,25,26). The van der Waals surface area contributed by atoms with Crippen molar-refractivity contribution in [2.24, 2.45) is 4.99 Å². The number of hydrogen-bond donors (Lipinski definition) is 2. The van der Waals surface area contributed by atoms with Crippen molar-refractivity contribution in [2.75, 3.05) is 65.4 Å². The van der Waals surface area contributed by atoms with Crippen LogP contribution < -0.4 is 10.6 Å². The Morgan fingerprint density at radius 1 is 1.07 bits per heavy atom. The van der Waals surface area contributed by atoms with Gasteiger partial charge in [0.05, 0.1) is 12.6 Å². The van der Waals surface area contributed by atoms with E-state index in [9.17, 15) is 4.79 Å². The third-order valence-electron chi connectivity index (χ3n) is 5.74. The first-order valence-electron chi connectivity index (χ1n) is 11.4. The van der Waals surface area contributed by atoms with Crippen molar-refractivity contribution >= 4 is 11.9 Å². The molecule has 0 spiro atoms. The number of carbonyl (C=O) groups is 1. The Hall–Kier alpha value is -2.12. The summed E-state index contributed by atoms with van der Waals surface area (Å²) in [5.74, 6) is 1.04. The Morgan fingerprint density at radius 3 is 2.30 bits per heavy atom. The second-order valence-corrected chi connectivity index (χ2v) is 7.64. The Balaban J connectivity index is 1.91. The Kier molecular flexibility index (Phi) is 10.7. The van der Waals surface area contributed by atoms with Crippen molar-refractivity contribution in [3.05, 3.63) is 35.9 Å². The quantitative estimate of drug-likeness (QED) is 0.450. The summed E-state index contributed by atoms with van der Waals surface area (Å²) < 4.78 is 0. The zero-order valence-electron chi connectivity index (χ0n) is 19.2. The highest BCUT2D eigenvalue weighted by molar-refractivity contribution is 5.79. The van der Waals surface area contributed by atoms with Gasteiger partial charge in [0, 0.05) is 52.7 Å². The zero-order chi connectivity index (χ0) is 21.8. The maximum atomic E-state index is 11.5. The summed E-state index contributed by atoms with van der Waals surface area (Å²) in [4.78, 5) is 23.2. The van der Waals surface area contributed by atoms with E-state index in [0.29, 0.717) is 0 Å². The van der Waals surface area contributed by atoms with E-state index in [4.69, 9.17) is 4.99 Å². The molecule has 1 heterocycles. The zero-order valence-corrected chi connectivity index (χ0v) is 19.2. The van der Waals surface area contributed by atoms with Crippen molar-refractivity contribution in [3.63, 3.8) is 0 Å². The molecule has 1 aromatic carbocycles. The van der Waals surface area contributed by atoms with Gasteiger partial charge >= 0.3 is 0 Å². The van der Waals surface area contributed by atoms with E-state index in [1.54, 1.807) is 6.92 Å². The van der Waals surface area contributed by atoms with Gasteiger partial charge in [0.15, 0.2) is 5.96 Å². The van der Waals surface area contributed by atoms with Crippen LogP contribution in [0.2, 0.25) is 0 Å². The number of piperazine rings is 1. The molecular weight excluding hydrogens is 376 g/mol. The van der Waals surface area contributed by atoms with Crippen molar-refractivity contribution in [2.45, 2.75) is 33.7 Å². The molecule has 30 heavy (non-hydrogen) atoms. The molecule has 168 valence electrons. The number of aliphatic imine (C=N–C) groups is 1. The molecule has 0 saturated carbocycles. The molecule has 1 aliphatic rings. The normalized spacial score (nSPS) is 16.6. The van der Waals surface area contributed by atoms with E-state index in [-0.39, 0.29) is 11.9 Å². The van der Waals surface area contributed by atoms with Crippen LogP contribution in [-0.4, -0.2) is 92.0 Å². The SMILES string of the molecule is CCNC(=NCC(c1ccccc1)N(CC)CC)NCCN1CCN(C(C)=O)CC1. The number of rotatable bonds is 10. The Labute approximate surface area is 182 Å². The van der Waals surface area contributed by atoms with Crippen LogP contribution in [0.15, 0.2) is 35.3 Å². The molecule has 1 fully saturated rings. The van der Waals surface area contributed by atoms with Gasteiger partial charge in [-0.15, -0.1) is 0 Å². The fraction of sp³-hybridized carbons (Fsp3) is 0.652. The molecule has 0 radical (unpaired) electrons. The van der Waals surface area contributed by atoms with E-state index < -0.39 is 0 Å². The summed E-state index contributed by atoms with van der Waals surface area (Å²) in [6, 6.07) is 10.9. The lowest BCUT2D eigenvalue weighted by atomic mass is 10.1. The van der Waals surface area contributed by atoms with Crippen molar-refractivity contribution in [3.8, 4) is 0 Å². The first-order chi connectivity index (χ1) is 14.6. The summed E-state index contributed by atoms with van der Waals surface area (Å²) in [5.41, 5.74) is 1.31. The highest BCUT2D eigenvalue weighted by Gasteiger charge is 2.19. The second-order valence-electron chi connectivity index (χ2n) is 7.64. The lowest BCUT2D eigenvalue weighted by molar-refractivity contribution is -0.130. The van der Waals surface area contributed by atoms with E-state index in [1.807, 2.05) is 4.90 Å². The van der Waals surface area contributed by atoms with Crippen LogP contribution in [0.25, 0.3) is 0 Å². The minimum atomic E-state index is 0.176. The molecule has 2 N–H and O–H groups in total. The van der Waals surface area contributed by atoms with Crippen LogP contribution in [0.1, 0.15) is 39.3 Å². The average Bonchev–Trinajstić information content (AvgIpc) is 2.77. The number of guanidine groups is 1. The summed E-state index contributed by atoms with van der Waals surface area (Å²) in [7, 11) is 0. The van der Waals surface area contributed by atoms with Gasteiger partial charge < -0.3 is 15.5 Å². The molecular formula is C23H40N6O. The summed E-state index contributed by atoms with van der Waals surface area (Å²) in [6.07, 6.45) is 0. The van der Waals surface area contributed by atoms with Crippen LogP contribution in [0.4, 0.5) is 0 Å². The van der Waals surface area contributed by atoms with Gasteiger partial charge in [-0.2, -0.15) is 0 Å². The highest BCUT2D eigenvalue weighted by atomic mass is 16.2. The first kappa shape index (κ1) is 24.2. The molecule has 1 aromatic rings. The molecule has 0 aromatic heterocycles. The Bertz CT molecular complexity index is 638. The number of hydrogen-bond acceptors (Lipinski definition) is 4. The first-order valence-corrected chi connectivity index (χ1v) is 11.4. The molecule has 0 aliphatic carbocycles. The van der Waals surface area contributed by atoms with Gasteiger partial charge in [-0.25, -0.2) is 0 Å². The Morgan fingerprint density at radius 2 is 1.73 bits per heavy atom. The minimum Gasteiger partial charge on any atom is -0.357 e. The summed E-state index contributed by atoms with van der Waals surface area (Å²) >= 11 is 0. The summed E-state index contributed by atoms with van der Waals surface area (Å²) in [5, 5.41) is 6.85. The van der Waals surface area contributed by atoms with Crippen LogP contribution in [0.5, 0.6) is 0 Å². The van der Waals surface area contributed by atoms with Crippen molar-refractivity contribution in [1.82, 2.24) is 25.3 Å². The number of nitrogens with one attached hydrogen (secondary N) is 2. The number of likely N-dealkylation sites (N-methyl/N-ethyl adjacent to an activating group) is 1. The average molecular weight is 417 g/mol. The van der Waals surface area contributed by atoms with E-state index in [1.165, 1.54) is 5.56 Å². The van der Waals surface area contributed by atoms with Crippen molar-refractivity contribution in [1.29, 1.82) is 0 Å². The van der Waals surface area contributed by atoms with Gasteiger partial charge in [0.1, 0.15) is 0 Å². The van der Waals surface area contributed by atoms with E-state index in [2.05, 4.69) is 71.5 Å². The monoisotopic (exact) mass is 416 g/mol. The van der Waals surface area contributed by atoms with Gasteiger partial charge in [-0.1, -0.05) is 44.2 Å². The maximum absolute atomic E-state index is 11.5. The minimum absolute atomic E-state index is 0.176. The second kappa shape index (κ2) is 13.2. The fourth-order valence-corrected chi connectivity index (χ4v) is 3.91. The van der Waals surface area contributed by atoms with Crippen LogP contribution in [0.3, 0.4) is 0 Å². The predicted octanol–water partition coefficient (Wildman–Crippen LogP) is 1.79. The lowest BCUT2D eigenvalue weighted by Gasteiger charge is -2.34. The molecule has 1 saturated heterocycles. The lowest BCUT2D eigenvalue weighted by Crippen LogP contribution is -2.50. The number of amides is 1. The fourth-order valence-electron chi connectivity index (χ4n) is 3.91. The number of carbonyl (C=O) groups excluding carboxylic acids is 1. The van der Waals surface area contributed by atoms with Crippen LogP contribution in [0, 0.1) is 0 Å². The number of benzene rings is 1. The smallest absolute Gasteiger partial charge is 0.219 e. The summed E-state index contributed by atoms with van der Waals surface area (Å²) in [6.45, 7) is 17.0. The molecule has 1 amide bonds. The van der Waals surface area contributed by atoms with Gasteiger partial charge in [0.25, 0.3) is 0 Å². The molecule has 2 rings (SSSR count). The highest BCUT2D eigenvalue weighted by Crippen LogP contribution is 2.20. The maximum Gasteiger partial charge on any atom is 0.219 e. The molecule has 1 atom stereocenters. The third-order valence-corrected chi connectivity index (χ3v) is 5.74. The molecule has 0 bridgehead atoms. The molecule has 1 aliphatic heterocycles. The van der Waals surface area contributed by atoms with Gasteiger partial charge in [0.2, 0.25) is 5.91 Å². The van der Waals surface area contributed by atoms with Gasteiger partial charge in [-0.05, 0) is 25.6 Å². The predicted molar refractivity (Wildman–Crippen MR) is 125 cm³/mol. The van der Waals surface area contributed by atoms with E-state index in [0.717, 1.165) is 71.4 Å².